The van der Waals surface area contributed by atoms with E-state index in [0.717, 1.165) is 11.0 Å². The standard InChI is InChI=1S/C12H21N5S/c1-12(2)5-4-8(7-12)14-9-6-10(17-13)16-11(15-9)18-3/h6,8H,4-5,7,13H2,1-3H3,(H2,14,15,16,17). The van der Waals surface area contributed by atoms with E-state index in [1.807, 2.05) is 12.3 Å². The van der Waals surface area contributed by atoms with Gasteiger partial charge in [0, 0.05) is 12.1 Å². The molecule has 0 amide bonds. The molecular formula is C12H21N5S. The highest BCUT2D eigenvalue weighted by atomic mass is 32.2. The highest BCUT2D eigenvalue weighted by molar-refractivity contribution is 7.98. The van der Waals surface area contributed by atoms with E-state index in [4.69, 9.17) is 5.84 Å². The molecule has 6 heteroatoms. The van der Waals surface area contributed by atoms with Crippen LogP contribution in [0.15, 0.2) is 11.2 Å². The number of hydrogen-bond acceptors (Lipinski definition) is 6. The number of hydrazine groups is 1. The monoisotopic (exact) mass is 267 g/mol. The van der Waals surface area contributed by atoms with E-state index < -0.39 is 0 Å². The average Bonchev–Trinajstić information content (AvgIpc) is 2.68. The Morgan fingerprint density at radius 1 is 1.39 bits per heavy atom. The zero-order chi connectivity index (χ0) is 13.2. The van der Waals surface area contributed by atoms with Crippen molar-refractivity contribution in [2.45, 2.75) is 44.3 Å². The SMILES string of the molecule is CSc1nc(NN)cc(NC2CCC(C)(C)C2)n1. The second-order valence-corrected chi connectivity index (χ2v) is 6.29. The molecule has 1 unspecified atom stereocenters. The van der Waals surface area contributed by atoms with Gasteiger partial charge in [-0.25, -0.2) is 15.8 Å². The van der Waals surface area contributed by atoms with Gasteiger partial charge < -0.3 is 10.7 Å². The van der Waals surface area contributed by atoms with E-state index in [1.165, 1.54) is 31.0 Å². The quantitative estimate of drug-likeness (QED) is 0.337. The third-order valence-corrected chi connectivity index (χ3v) is 3.90. The Balaban J connectivity index is 2.09. The molecule has 0 saturated heterocycles. The predicted octanol–water partition coefficient (Wildman–Crippen LogP) is 2.47. The number of anilines is 2. The summed E-state index contributed by atoms with van der Waals surface area (Å²) in [5.74, 6) is 6.92. The molecule has 0 bridgehead atoms. The van der Waals surface area contributed by atoms with Crippen LogP contribution in [0.4, 0.5) is 11.6 Å². The molecule has 5 nitrogen and oxygen atoms in total. The molecule has 1 saturated carbocycles. The fraction of sp³-hybridized carbons (Fsp3) is 0.667. The molecule has 1 heterocycles. The number of nitrogens with two attached hydrogens (primary N) is 1. The van der Waals surface area contributed by atoms with Gasteiger partial charge in [-0.15, -0.1) is 0 Å². The van der Waals surface area contributed by atoms with Crippen LogP contribution in [0.2, 0.25) is 0 Å². The van der Waals surface area contributed by atoms with Gasteiger partial charge in [-0.1, -0.05) is 25.6 Å². The summed E-state index contributed by atoms with van der Waals surface area (Å²) >= 11 is 1.51. The second-order valence-electron chi connectivity index (χ2n) is 5.52. The summed E-state index contributed by atoms with van der Waals surface area (Å²) in [6, 6.07) is 2.35. The van der Waals surface area contributed by atoms with Gasteiger partial charge in [0.25, 0.3) is 0 Å². The Bertz CT molecular complexity index is 399. The van der Waals surface area contributed by atoms with Crippen LogP contribution in [0.5, 0.6) is 0 Å². The molecule has 4 N–H and O–H groups in total. The van der Waals surface area contributed by atoms with Crippen molar-refractivity contribution < 1.29 is 0 Å². The number of aromatic nitrogens is 2. The van der Waals surface area contributed by atoms with Crippen molar-refractivity contribution in [2.24, 2.45) is 11.3 Å². The third kappa shape index (κ3) is 3.26. The maximum atomic E-state index is 5.42. The minimum Gasteiger partial charge on any atom is -0.367 e. The Morgan fingerprint density at radius 3 is 2.67 bits per heavy atom. The minimum absolute atomic E-state index is 0.433. The normalized spacial score (nSPS) is 21.9. The van der Waals surface area contributed by atoms with Gasteiger partial charge in [-0.2, -0.15) is 0 Å². The predicted molar refractivity (Wildman–Crippen MR) is 76.7 cm³/mol. The first-order valence-corrected chi connectivity index (χ1v) is 7.41. The van der Waals surface area contributed by atoms with Crippen molar-refractivity contribution in [2.75, 3.05) is 17.0 Å². The van der Waals surface area contributed by atoms with Crippen LogP contribution in [0.25, 0.3) is 0 Å². The highest BCUT2D eigenvalue weighted by Crippen LogP contribution is 2.38. The van der Waals surface area contributed by atoms with E-state index in [0.29, 0.717) is 17.3 Å². The molecule has 1 fully saturated rings. The first-order valence-electron chi connectivity index (χ1n) is 6.19. The lowest BCUT2D eigenvalue weighted by atomic mass is 9.92. The summed E-state index contributed by atoms with van der Waals surface area (Å²) in [4.78, 5) is 8.71. The number of nitrogen functional groups attached to an aromatic ring is 1. The molecule has 1 atom stereocenters. The Hall–Kier alpha value is -1.01. The maximum Gasteiger partial charge on any atom is 0.191 e. The van der Waals surface area contributed by atoms with Crippen molar-refractivity contribution in [3.8, 4) is 0 Å². The highest BCUT2D eigenvalue weighted by Gasteiger charge is 2.30. The summed E-state index contributed by atoms with van der Waals surface area (Å²) < 4.78 is 0. The molecule has 1 aliphatic carbocycles. The van der Waals surface area contributed by atoms with Crippen LogP contribution in [0.3, 0.4) is 0 Å². The number of rotatable bonds is 4. The van der Waals surface area contributed by atoms with Gasteiger partial charge in [0.2, 0.25) is 0 Å². The summed E-state index contributed by atoms with van der Waals surface area (Å²) in [6.07, 6.45) is 5.58. The van der Waals surface area contributed by atoms with Crippen LogP contribution < -0.4 is 16.6 Å². The van der Waals surface area contributed by atoms with E-state index in [-0.39, 0.29) is 0 Å². The van der Waals surface area contributed by atoms with Crippen molar-refractivity contribution in [1.82, 2.24) is 9.97 Å². The first-order chi connectivity index (χ1) is 8.52. The Labute approximate surface area is 112 Å². The zero-order valence-corrected chi connectivity index (χ0v) is 12.0. The largest absolute Gasteiger partial charge is 0.367 e. The number of nitrogens with one attached hydrogen (secondary N) is 2. The zero-order valence-electron chi connectivity index (χ0n) is 11.2. The number of thioether (sulfide) groups is 1. The Kier molecular flexibility index (Phi) is 3.97. The maximum absolute atomic E-state index is 5.42. The topological polar surface area (TPSA) is 75.9 Å². The van der Waals surface area contributed by atoms with Crippen LogP contribution in [0, 0.1) is 5.41 Å². The van der Waals surface area contributed by atoms with Crippen LogP contribution in [-0.2, 0) is 0 Å². The van der Waals surface area contributed by atoms with Gasteiger partial charge in [0.05, 0.1) is 0 Å². The second kappa shape index (κ2) is 5.32. The van der Waals surface area contributed by atoms with E-state index in [9.17, 15) is 0 Å². The third-order valence-electron chi connectivity index (χ3n) is 3.36. The van der Waals surface area contributed by atoms with Crippen LogP contribution in [0.1, 0.15) is 33.1 Å². The molecule has 0 spiro atoms. The van der Waals surface area contributed by atoms with E-state index in [1.54, 1.807) is 0 Å². The van der Waals surface area contributed by atoms with Crippen molar-refractivity contribution in [1.29, 1.82) is 0 Å². The van der Waals surface area contributed by atoms with Crippen molar-refractivity contribution in [3.05, 3.63) is 6.07 Å². The smallest absolute Gasteiger partial charge is 0.191 e. The van der Waals surface area contributed by atoms with Crippen LogP contribution >= 0.6 is 11.8 Å². The first kappa shape index (κ1) is 13.4. The van der Waals surface area contributed by atoms with Gasteiger partial charge >= 0.3 is 0 Å². The van der Waals surface area contributed by atoms with Gasteiger partial charge in [-0.3, -0.25) is 0 Å². The molecule has 100 valence electrons. The fourth-order valence-electron chi connectivity index (χ4n) is 2.43. The lowest BCUT2D eigenvalue weighted by Crippen LogP contribution is -2.19. The lowest BCUT2D eigenvalue weighted by Gasteiger charge is -2.18. The van der Waals surface area contributed by atoms with E-state index >= 15 is 0 Å². The van der Waals surface area contributed by atoms with Crippen LogP contribution in [-0.4, -0.2) is 22.3 Å². The number of hydrogen-bond donors (Lipinski definition) is 3. The molecule has 2 rings (SSSR count). The summed E-state index contributed by atoms with van der Waals surface area (Å²) in [7, 11) is 0. The summed E-state index contributed by atoms with van der Waals surface area (Å²) in [5, 5.41) is 4.21. The molecule has 0 aliphatic heterocycles. The summed E-state index contributed by atoms with van der Waals surface area (Å²) in [5.41, 5.74) is 3.01. The minimum atomic E-state index is 0.433. The molecule has 1 aromatic rings. The average molecular weight is 267 g/mol. The summed E-state index contributed by atoms with van der Waals surface area (Å²) in [6.45, 7) is 4.63. The molecule has 18 heavy (non-hydrogen) atoms. The van der Waals surface area contributed by atoms with E-state index in [2.05, 4.69) is 34.6 Å². The van der Waals surface area contributed by atoms with Crippen molar-refractivity contribution >= 4 is 23.4 Å². The molecule has 0 radical (unpaired) electrons. The number of nitrogens with zero attached hydrogens (tertiary/aromatic N) is 2. The molecule has 1 aliphatic rings. The lowest BCUT2D eigenvalue weighted by molar-refractivity contribution is 0.378. The van der Waals surface area contributed by atoms with Gasteiger partial charge in [0.1, 0.15) is 11.6 Å². The van der Waals surface area contributed by atoms with Gasteiger partial charge in [-0.05, 0) is 30.9 Å². The molecule has 1 aromatic heterocycles. The van der Waals surface area contributed by atoms with Gasteiger partial charge in [0.15, 0.2) is 5.16 Å². The molecule has 0 aromatic carbocycles. The van der Waals surface area contributed by atoms with Crippen molar-refractivity contribution in [3.63, 3.8) is 0 Å². The fourth-order valence-corrected chi connectivity index (χ4v) is 2.81. The Morgan fingerprint density at radius 2 is 2.11 bits per heavy atom. The molecular weight excluding hydrogens is 246 g/mol.